The molecule has 1 saturated heterocycles. The Kier molecular flexibility index (Phi) is 5.31. The van der Waals surface area contributed by atoms with Gasteiger partial charge in [-0.1, -0.05) is 29.8 Å². The van der Waals surface area contributed by atoms with Crippen molar-refractivity contribution in [2.24, 2.45) is 0 Å². The normalized spacial score (nSPS) is 14.9. The quantitative estimate of drug-likeness (QED) is 0.736. The monoisotopic (exact) mass is 392 g/mol. The second kappa shape index (κ2) is 8.05. The lowest BCUT2D eigenvalue weighted by Crippen LogP contribution is -2.49. The van der Waals surface area contributed by atoms with Gasteiger partial charge in [-0.15, -0.1) is 0 Å². The summed E-state index contributed by atoms with van der Waals surface area (Å²) in [5.41, 5.74) is 2.59. The van der Waals surface area contributed by atoms with Crippen LogP contribution in [0.1, 0.15) is 21.6 Å². The van der Waals surface area contributed by atoms with E-state index >= 15 is 0 Å². The molecule has 0 spiro atoms. The number of benzene rings is 2. The SMILES string of the molecule is COc1ccc(C)cc1CN1CCN(C(=O)c2n[nH]c3ccccc3c2=O)CC1. The highest BCUT2D eigenvalue weighted by atomic mass is 16.5. The summed E-state index contributed by atoms with van der Waals surface area (Å²) in [6.07, 6.45) is 0. The van der Waals surface area contributed by atoms with Gasteiger partial charge in [0.15, 0.2) is 5.69 Å². The van der Waals surface area contributed by atoms with Crippen LogP contribution in [0.4, 0.5) is 0 Å². The van der Waals surface area contributed by atoms with Gasteiger partial charge in [0.25, 0.3) is 5.91 Å². The van der Waals surface area contributed by atoms with Gasteiger partial charge < -0.3 is 9.64 Å². The number of methoxy groups -OCH3 is 1. The Hall–Kier alpha value is -3.19. The van der Waals surface area contributed by atoms with Crippen molar-refractivity contribution >= 4 is 16.8 Å². The van der Waals surface area contributed by atoms with E-state index in [9.17, 15) is 9.59 Å². The number of carbonyl (C=O) groups is 1. The minimum absolute atomic E-state index is 0.0440. The molecule has 150 valence electrons. The number of hydrogen-bond donors (Lipinski definition) is 1. The van der Waals surface area contributed by atoms with E-state index in [0.29, 0.717) is 24.0 Å². The smallest absolute Gasteiger partial charge is 0.278 e. The van der Waals surface area contributed by atoms with Crippen LogP contribution >= 0.6 is 0 Å². The predicted octanol–water partition coefficient (Wildman–Crippen LogP) is 2.20. The van der Waals surface area contributed by atoms with Crippen molar-refractivity contribution in [2.45, 2.75) is 13.5 Å². The topological polar surface area (TPSA) is 78.5 Å². The second-order valence-electron chi connectivity index (χ2n) is 7.33. The van der Waals surface area contributed by atoms with Gasteiger partial charge in [-0.2, -0.15) is 5.10 Å². The molecule has 1 aliphatic rings. The van der Waals surface area contributed by atoms with Gasteiger partial charge in [-0.25, -0.2) is 0 Å². The molecule has 1 amide bonds. The Balaban J connectivity index is 1.45. The number of H-pyrrole nitrogens is 1. The van der Waals surface area contributed by atoms with Crippen molar-refractivity contribution in [3.8, 4) is 5.75 Å². The molecule has 0 aliphatic carbocycles. The number of aryl methyl sites for hydroxylation is 1. The van der Waals surface area contributed by atoms with Crippen LogP contribution in [0.5, 0.6) is 5.75 Å². The Labute approximate surface area is 168 Å². The molecular formula is C22H24N4O3. The fourth-order valence-electron chi connectivity index (χ4n) is 3.75. The lowest BCUT2D eigenvalue weighted by Gasteiger charge is -2.34. The molecule has 1 aliphatic heterocycles. The average molecular weight is 392 g/mol. The zero-order chi connectivity index (χ0) is 20.4. The van der Waals surface area contributed by atoms with Crippen LogP contribution < -0.4 is 10.2 Å². The standard InChI is InChI=1S/C22H24N4O3/c1-15-7-8-19(29-2)16(13-15)14-25-9-11-26(12-10-25)22(28)20-21(27)17-5-3-4-6-18(17)23-24-20/h3-8,13H,9-12,14H2,1-2H3,(H,23,27). The summed E-state index contributed by atoms with van der Waals surface area (Å²) in [7, 11) is 1.68. The third-order valence-corrected chi connectivity index (χ3v) is 5.37. The van der Waals surface area contributed by atoms with Gasteiger partial charge in [0.05, 0.1) is 12.6 Å². The van der Waals surface area contributed by atoms with Crippen molar-refractivity contribution in [1.82, 2.24) is 20.0 Å². The molecule has 1 N–H and O–H groups in total. The number of rotatable bonds is 4. The number of ether oxygens (including phenoxy) is 1. The molecule has 0 radical (unpaired) electrons. The Morgan fingerprint density at radius 2 is 1.90 bits per heavy atom. The maximum atomic E-state index is 12.9. The van der Waals surface area contributed by atoms with Crippen molar-refractivity contribution in [1.29, 1.82) is 0 Å². The van der Waals surface area contributed by atoms with Crippen molar-refractivity contribution in [3.63, 3.8) is 0 Å². The molecule has 2 aromatic carbocycles. The number of piperazine rings is 1. The number of aromatic amines is 1. The van der Waals surface area contributed by atoms with Gasteiger partial charge in [0.2, 0.25) is 5.43 Å². The van der Waals surface area contributed by atoms with Crippen LogP contribution in [-0.4, -0.2) is 59.2 Å². The van der Waals surface area contributed by atoms with E-state index in [1.165, 1.54) is 5.56 Å². The minimum Gasteiger partial charge on any atom is -0.496 e. The molecule has 3 aromatic rings. The van der Waals surface area contributed by atoms with Gasteiger partial charge in [-0.3, -0.25) is 19.6 Å². The van der Waals surface area contributed by atoms with Gasteiger partial charge >= 0.3 is 0 Å². The summed E-state index contributed by atoms with van der Waals surface area (Å²) in [4.78, 5) is 29.5. The van der Waals surface area contributed by atoms with Crippen LogP contribution in [0.15, 0.2) is 47.3 Å². The molecule has 7 nitrogen and oxygen atoms in total. The maximum absolute atomic E-state index is 12.9. The summed E-state index contributed by atoms with van der Waals surface area (Å²) in [5.74, 6) is 0.561. The maximum Gasteiger partial charge on any atom is 0.278 e. The summed E-state index contributed by atoms with van der Waals surface area (Å²) in [6.45, 7) is 5.40. The first kappa shape index (κ1) is 19.1. The van der Waals surface area contributed by atoms with Crippen LogP contribution in [0.3, 0.4) is 0 Å². The second-order valence-corrected chi connectivity index (χ2v) is 7.33. The number of aromatic nitrogens is 2. The first-order chi connectivity index (χ1) is 14.1. The van der Waals surface area contributed by atoms with Crippen molar-refractivity contribution in [3.05, 3.63) is 69.5 Å². The first-order valence-corrected chi connectivity index (χ1v) is 9.69. The Morgan fingerprint density at radius 3 is 2.66 bits per heavy atom. The summed E-state index contributed by atoms with van der Waals surface area (Å²) in [5, 5.41) is 7.34. The van der Waals surface area contributed by atoms with Crippen LogP contribution in [0.2, 0.25) is 0 Å². The number of para-hydroxylation sites is 1. The van der Waals surface area contributed by atoms with E-state index in [4.69, 9.17) is 4.74 Å². The molecule has 0 bridgehead atoms. The number of fused-ring (bicyclic) bond motifs is 1. The molecule has 2 heterocycles. The highest BCUT2D eigenvalue weighted by molar-refractivity contribution is 5.95. The lowest BCUT2D eigenvalue weighted by molar-refractivity contribution is 0.0619. The molecule has 1 aromatic heterocycles. The van der Waals surface area contributed by atoms with Crippen LogP contribution in [-0.2, 0) is 6.54 Å². The third-order valence-electron chi connectivity index (χ3n) is 5.37. The number of hydrogen-bond acceptors (Lipinski definition) is 5. The molecule has 0 atom stereocenters. The molecular weight excluding hydrogens is 368 g/mol. The van der Waals surface area contributed by atoms with Crippen LogP contribution in [0.25, 0.3) is 10.9 Å². The Morgan fingerprint density at radius 1 is 1.14 bits per heavy atom. The average Bonchev–Trinajstić information content (AvgIpc) is 2.74. The predicted molar refractivity (Wildman–Crippen MR) is 111 cm³/mol. The fourth-order valence-corrected chi connectivity index (χ4v) is 3.75. The number of nitrogens with zero attached hydrogens (tertiary/aromatic N) is 3. The van der Waals surface area contributed by atoms with E-state index in [2.05, 4.69) is 28.1 Å². The molecule has 4 rings (SSSR count). The summed E-state index contributed by atoms with van der Waals surface area (Å²) in [6, 6.07) is 13.2. The molecule has 7 heteroatoms. The number of nitrogens with one attached hydrogen (secondary N) is 1. The zero-order valence-corrected chi connectivity index (χ0v) is 16.6. The minimum atomic E-state index is -0.323. The highest BCUT2D eigenvalue weighted by Gasteiger charge is 2.26. The van der Waals surface area contributed by atoms with E-state index in [0.717, 1.165) is 30.9 Å². The van der Waals surface area contributed by atoms with E-state index in [1.54, 1.807) is 30.2 Å². The zero-order valence-electron chi connectivity index (χ0n) is 16.6. The summed E-state index contributed by atoms with van der Waals surface area (Å²) < 4.78 is 5.47. The van der Waals surface area contributed by atoms with Crippen molar-refractivity contribution in [2.75, 3.05) is 33.3 Å². The van der Waals surface area contributed by atoms with Gasteiger partial charge in [0, 0.05) is 43.7 Å². The number of carbonyl (C=O) groups excluding carboxylic acids is 1. The third kappa shape index (κ3) is 3.86. The van der Waals surface area contributed by atoms with E-state index < -0.39 is 0 Å². The fraction of sp³-hybridized carbons (Fsp3) is 0.318. The number of amides is 1. The van der Waals surface area contributed by atoms with Crippen LogP contribution in [0, 0.1) is 6.92 Å². The van der Waals surface area contributed by atoms with E-state index in [-0.39, 0.29) is 17.0 Å². The van der Waals surface area contributed by atoms with Crippen molar-refractivity contribution < 1.29 is 9.53 Å². The highest BCUT2D eigenvalue weighted by Crippen LogP contribution is 2.22. The largest absolute Gasteiger partial charge is 0.496 e. The van der Waals surface area contributed by atoms with Gasteiger partial charge in [-0.05, 0) is 25.1 Å². The lowest BCUT2D eigenvalue weighted by atomic mass is 10.1. The van der Waals surface area contributed by atoms with Gasteiger partial charge in [0.1, 0.15) is 5.75 Å². The Bertz CT molecular complexity index is 1100. The molecule has 1 fully saturated rings. The van der Waals surface area contributed by atoms with E-state index in [1.807, 2.05) is 18.2 Å². The summed E-state index contributed by atoms with van der Waals surface area (Å²) >= 11 is 0. The molecule has 0 saturated carbocycles. The molecule has 0 unspecified atom stereocenters. The molecule has 29 heavy (non-hydrogen) atoms. The first-order valence-electron chi connectivity index (χ1n) is 9.69.